The largest absolute Gasteiger partial charge is 0.481 e. The van der Waals surface area contributed by atoms with Gasteiger partial charge in [-0.15, -0.1) is 0 Å². The molecule has 4 rings (SSSR count). The first-order valence-corrected chi connectivity index (χ1v) is 12.2. The molecule has 1 N–H and O–H groups in total. The fourth-order valence-corrected chi connectivity index (χ4v) is 4.96. The summed E-state index contributed by atoms with van der Waals surface area (Å²) in [6.45, 7) is -0.176. The van der Waals surface area contributed by atoms with Crippen molar-refractivity contribution in [3.8, 4) is 11.1 Å². The highest BCUT2D eigenvalue weighted by Gasteiger charge is 2.45. The van der Waals surface area contributed by atoms with Crippen LogP contribution in [-0.2, 0) is 14.3 Å². The summed E-state index contributed by atoms with van der Waals surface area (Å²) in [5.41, 5.74) is 2.38. The summed E-state index contributed by atoms with van der Waals surface area (Å²) < 4.78 is 10.1. The maximum atomic E-state index is 13.3. The van der Waals surface area contributed by atoms with Gasteiger partial charge in [0.05, 0.1) is 30.8 Å². The molecule has 1 aliphatic carbocycles. The lowest BCUT2D eigenvalue weighted by Crippen LogP contribution is -2.32. The predicted octanol–water partition coefficient (Wildman–Crippen LogP) is 5.56. The highest BCUT2D eigenvalue weighted by molar-refractivity contribution is 6.30. The molecule has 1 fully saturated rings. The van der Waals surface area contributed by atoms with Crippen LogP contribution >= 0.6 is 11.6 Å². The number of rotatable bonds is 8. The highest BCUT2D eigenvalue weighted by atomic mass is 35.5. The smallest absolute Gasteiger partial charge is 0.339 e. The maximum Gasteiger partial charge on any atom is 0.339 e. The molecule has 3 atom stereocenters. The van der Waals surface area contributed by atoms with Crippen LogP contribution in [0, 0.1) is 17.8 Å². The van der Waals surface area contributed by atoms with E-state index in [1.165, 1.54) is 19.2 Å². The van der Waals surface area contributed by atoms with E-state index < -0.39 is 35.7 Å². The van der Waals surface area contributed by atoms with Gasteiger partial charge in [-0.3, -0.25) is 9.59 Å². The second-order valence-electron chi connectivity index (χ2n) is 8.89. The van der Waals surface area contributed by atoms with Crippen LogP contribution in [0.25, 0.3) is 11.1 Å². The second kappa shape index (κ2) is 11.4. The third-order valence-corrected chi connectivity index (χ3v) is 6.99. The van der Waals surface area contributed by atoms with Crippen LogP contribution in [0.3, 0.4) is 0 Å². The van der Waals surface area contributed by atoms with E-state index in [-0.39, 0.29) is 23.5 Å². The summed E-state index contributed by atoms with van der Waals surface area (Å²) in [5, 5.41) is 10.6. The number of ether oxygens (including phenoxy) is 2. The van der Waals surface area contributed by atoms with Crippen molar-refractivity contribution in [3.05, 3.63) is 94.5 Å². The lowest BCUT2D eigenvalue weighted by atomic mass is 9.84. The number of Topliss-reactive ketones (excluding diaryl/α,β-unsaturated/α-hetero) is 1. The molecule has 0 bridgehead atoms. The van der Waals surface area contributed by atoms with Crippen molar-refractivity contribution in [1.82, 2.24) is 0 Å². The highest BCUT2D eigenvalue weighted by Crippen LogP contribution is 2.40. The number of benzene rings is 3. The first-order chi connectivity index (χ1) is 17.8. The number of carboxylic acid groups (broad SMARTS) is 1. The van der Waals surface area contributed by atoms with Crippen molar-refractivity contribution >= 4 is 35.3 Å². The summed E-state index contributed by atoms with van der Waals surface area (Å²) in [5.74, 6) is -5.04. The van der Waals surface area contributed by atoms with E-state index in [1.807, 2.05) is 24.3 Å². The Bertz CT molecular complexity index is 1310. The number of methoxy groups -OCH3 is 1. The summed E-state index contributed by atoms with van der Waals surface area (Å²) in [6, 6.07) is 20.4. The third kappa shape index (κ3) is 5.73. The van der Waals surface area contributed by atoms with Crippen LogP contribution in [0.1, 0.15) is 43.9 Å². The van der Waals surface area contributed by atoms with Crippen LogP contribution in [0.4, 0.5) is 0 Å². The Kier molecular flexibility index (Phi) is 8.04. The summed E-state index contributed by atoms with van der Waals surface area (Å²) in [7, 11) is 1.21. The SMILES string of the molecule is COC(=O)c1ccccc1C(=O)OC[C@@H]1CC[C@H](C(=O)c2ccc(-c3ccc(Cl)cc3)cc2)[C@H]1C(=O)O. The van der Waals surface area contributed by atoms with Crippen molar-refractivity contribution in [3.63, 3.8) is 0 Å². The average molecular weight is 521 g/mol. The predicted molar refractivity (Wildman–Crippen MR) is 137 cm³/mol. The van der Waals surface area contributed by atoms with E-state index in [9.17, 15) is 24.3 Å². The fourth-order valence-electron chi connectivity index (χ4n) is 4.83. The number of esters is 2. The Morgan fingerprint density at radius 2 is 1.41 bits per heavy atom. The van der Waals surface area contributed by atoms with Gasteiger partial charge >= 0.3 is 17.9 Å². The zero-order chi connectivity index (χ0) is 26.5. The van der Waals surface area contributed by atoms with E-state index in [0.29, 0.717) is 23.4 Å². The molecule has 7 nitrogen and oxygen atoms in total. The molecule has 0 radical (unpaired) electrons. The van der Waals surface area contributed by atoms with Crippen LogP contribution in [0.5, 0.6) is 0 Å². The Morgan fingerprint density at radius 1 is 0.838 bits per heavy atom. The normalized spacial score (nSPS) is 18.7. The number of ketones is 1. The van der Waals surface area contributed by atoms with Gasteiger partial charge in [0.15, 0.2) is 5.78 Å². The Labute approximate surface area is 219 Å². The van der Waals surface area contributed by atoms with Gasteiger partial charge in [0.2, 0.25) is 0 Å². The van der Waals surface area contributed by atoms with E-state index in [1.54, 1.807) is 36.4 Å². The molecule has 0 unspecified atom stereocenters. The van der Waals surface area contributed by atoms with Crippen LogP contribution in [0.2, 0.25) is 5.02 Å². The maximum absolute atomic E-state index is 13.3. The van der Waals surface area contributed by atoms with Crippen LogP contribution < -0.4 is 0 Å². The zero-order valence-electron chi connectivity index (χ0n) is 20.1. The molecule has 0 saturated heterocycles. The molecule has 37 heavy (non-hydrogen) atoms. The Hall–Kier alpha value is -3.97. The minimum Gasteiger partial charge on any atom is -0.481 e. The Balaban J connectivity index is 1.45. The molecular formula is C29H25ClO7. The quantitative estimate of drug-likeness (QED) is 0.306. The molecule has 0 amide bonds. The van der Waals surface area contributed by atoms with Gasteiger partial charge in [0.1, 0.15) is 0 Å². The number of carbonyl (C=O) groups excluding carboxylic acids is 3. The minimum absolute atomic E-state index is 0.0348. The summed E-state index contributed by atoms with van der Waals surface area (Å²) in [6.07, 6.45) is 0.790. The van der Waals surface area contributed by atoms with Crippen molar-refractivity contribution in [2.45, 2.75) is 12.8 Å². The molecule has 0 spiro atoms. The number of hydrogen-bond acceptors (Lipinski definition) is 6. The van der Waals surface area contributed by atoms with Crippen LogP contribution in [-0.4, -0.2) is 42.5 Å². The monoisotopic (exact) mass is 520 g/mol. The van der Waals surface area contributed by atoms with Gasteiger partial charge in [-0.25, -0.2) is 9.59 Å². The summed E-state index contributed by atoms with van der Waals surface area (Å²) in [4.78, 5) is 50.1. The van der Waals surface area contributed by atoms with E-state index in [0.717, 1.165) is 11.1 Å². The lowest BCUT2D eigenvalue weighted by molar-refractivity contribution is -0.144. The molecule has 0 aliphatic heterocycles. The van der Waals surface area contributed by atoms with Gasteiger partial charge < -0.3 is 14.6 Å². The number of carbonyl (C=O) groups is 4. The van der Waals surface area contributed by atoms with E-state index in [2.05, 4.69) is 0 Å². The molecule has 0 aromatic heterocycles. The van der Waals surface area contributed by atoms with Gasteiger partial charge in [-0.1, -0.05) is 60.1 Å². The first-order valence-electron chi connectivity index (χ1n) is 11.8. The Morgan fingerprint density at radius 3 is 1.97 bits per heavy atom. The average Bonchev–Trinajstić information content (AvgIpc) is 3.36. The van der Waals surface area contributed by atoms with E-state index >= 15 is 0 Å². The van der Waals surface area contributed by atoms with Crippen molar-refractivity contribution < 1.29 is 33.8 Å². The number of carboxylic acids is 1. The van der Waals surface area contributed by atoms with Gasteiger partial charge in [-0.2, -0.15) is 0 Å². The van der Waals surface area contributed by atoms with Gasteiger partial charge in [0, 0.05) is 22.4 Å². The van der Waals surface area contributed by atoms with E-state index in [4.69, 9.17) is 21.1 Å². The molecule has 1 aliphatic rings. The van der Waals surface area contributed by atoms with Crippen molar-refractivity contribution in [1.29, 1.82) is 0 Å². The molecule has 190 valence electrons. The standard InChI is InChI=1S/C29H25ClO7/c1-36-28(34)22-4-2-3-5-23(22)29(35)37-16-20-12-15-24(25(20)27(32)33)26(31)19-8-6-17(7-9-19)18-10-13-21(30)14-11-18/h2-11,13-14,20,24-25H,12,15-16H2,1H3,(H,32,33)/t20-,24-,25-/m0/s1. The lowest BCUT2D eigenvalue weighted by Gasteiger charge is -2.20. The van der Waals surface area contributed by atoms with Gasteiger partial charge in [-0.05, 0) is 48.2 Å². The van der Waals surface area contributed by atoms with Crippen molar-refractivity contribution in [2.75, 3.05) is 13.7 Å². The molecular weight excluding hydrogens is 496 g/mol. The molecule has 3 aromatic carbocycles. The molecule has 3 aromatic rings. The topological polar surface area (TPSA) is 107 Å². The molecule has 0 heterocycles. The summed E-state index contributed by atoms with van der Waals surface area (Å²) >= 11 is 5.95. The zero-order valence-corrected chi connectivity index (χ0v) is 20.8. The fraction of sp³-hybridized carbons (Fsp3) is 0.241. The number of aliphatic carboxylic acids is 1. The minimum atomic E-state index is -1.11. The number of hydrogen-bond donors (Lipinski definition) is 1. The number of halogens is 1. The molecule has 8 heteroatoms. The molecule has 1 saturated carbocycles. The third-order valence-electron chi connectivity index (χ3n) is 6.74. The van der Waals surface area contributed by atoms with Crippen LogP contribution in [0.15, 0.2) is 72.8 Å². The van der Waals surface area contributed by atoms with Gasteiger partial charge in [0.25, 0.3) is 0 Å². The second-order valence-corrected chi connectivity index (χ2v) is 9.33. The van der Waals surface area contributed by atoms with Crippen molar-refractivity contribution in [2.24, 2.45) is 17.8 Å². The first kappa shape index (κ1) is 26.1.